The molecule has 2 aliphatic heterocycles. The van der Waals surface area contributed by atoms with Gasteiger partial charge >= 0.3 is 0 Å². The van der Waals surface area contributed by atoms with Crippen LogP contribution < -0.4 is 5.73 Å². The molecular weight excluding hydrogens is 484 g/mol. The van der Waals surface area contributed by atoms with Crippen molar-refractivity contribution in [3.05, 3.63) is 47.0 Å². The first-order valence-corrected chi connectivity index (χ1v) is 14.7. The van der Waals surface area contributed by atoms with E-state index >= 15 is 0 Å². The number of piperidine rings is 1. The standard InChI is InChI=1S/C25H32N4O4S2/c26-25(30)21-16-19(23-3-1-13-34-23)15-20-22(17-27-24(20)21)18-4-7-29(8-5-18)35(31,32)14-2-6-28-9-11-33-12-10-28/h1,3,13,15-18,27H,2,4-12,14H2,(H2,26,30). The lowest BCUT2D eigenvalue weighted by molar-refractivity contribution is 0.0380. The predicted molar refractivity (Wildman–Crippen MR) is 139 cm³/mol. The summed E-state index contributed by atoms with van der Waals surface area (Å²) in [7, 11) is -3.27. The summed E-state index contributed by atoms with van der Waals surface area (Å²) in [5.41, 5.74) is 9.05. The maximum atomic E-state index is 13.0. The minimum Gasteiger partial charge on any atom is -0.379 e. The van der Waals surface area contributed by atoms with Gasteiger partial charge in [-0.1, -0.05) is 6.07 Å². The summed E-state index contributed by atoms with van der Waals surface area (Å²) in [5.74, 6) is -0.0449. The van der Waals surface area contributed by atoms with Crippen molar-refractivity contribution in [3.63, 3.8) is 0 Å². The number of nitrogens with zero attached hydrogens (tertiary/aromatic N) is 2. The molecule has 3 aromatic rings. The molecule has 4 heterocycles. The van der Waals surface area contributed by atoms with Crippen molar-refractivity contribution in [2.75, 3.05) is 51.7 Å². The molecule has 2 aliphatic rings. The molecular formula is C25H32N4O4S2. The zero-order valence-corrected chi connectivity index (χ0v) is 21.4. The molecule has 0 atom stereocenters. The molecule has 1 amide bonds. The minimum absolute atomic E-state index is 0.189. The Bertz CT molecular complexity index is 1270. The highest BCUT2D eigenvalue weighted by atomic mass is 32.2. The van der Waals surface area contributed by atoms with E-state index in [-0.39, 0.29) is 11.7 Å². The average molecular weight is 517 g/mol. The summed E-state index contributed by atoms with van der Waals surface area (Å²) < 4.78 is 32.9. The second kappa shape index (κ2) is 10.4. The molecule has 10 heteroatoms. The fourth-order valence-electron chi connectivity index (χ4n) is 5.24. The molecule has 8 nitrogen and oxygen atoms in total. The first-order chi connectivity index (χ1) is 16.9. The summed E-state index contributed by atoms with van der Waals surface area (Å²) in [4.78, 5) is 18.8. The Morgan fingerprint density at radius 1 is 1.17 bits per heavy atom. The van der Waals surface area contributed by atoms with Crippen molar-refractivity contribution in [3.8, 4) is 10.4 Å². The van der Waals surface area contributed by atoms with Gasteiger partial charge in [0.2, 0.25) is 10.0 Å². The van der Waals surface area contributed by atoms with E-state index in [1.165, 1.54) is 0 Å². The molecule has 0 unspecified atom stereocenters. The molecule has 0 saturated carbocycles. The van der Waals surface area contributed by atoms with Gasteiger partial charge in [0.25, 0.3) is 5.91 Å². The molecule has 3 N–H and O–H groups in total. The number of ether oxygens (including phenoxy) is 1. The van der Waals surface area contributed by atoms with Crippen LogP contribution in [0.1, 0.15) is 41.1 Å². The number of morpholine rings is 1. The molecule has 2 aromatic heterocycles. The van der Waals surface area contributed by atoms with Crippen LogP contribution in [0.2, 0.25) is 0 Å². The largest absolute Gasteiger partial charge is 0.379 e. The second-order valence-corrected chi connectivity index (χ2v) is 12.4. The van der Waals surface area contributed by atoms with Crippen LogP contribution in [0, 0.1) is 0 Å². The average Bonchev–Trinajstić information content (AvgIpc) is 3.54. The normalized spacial score (nSPS) is 18.9. The lowest BCUT2D eigenvalue weighted by atomic mass is 9.89. The molecule has 1 aromatic carbocycles. The van der Waals surface area contributed by atoms with E-state index in [2.05, 4.69) is 16.0 Å². The molecule has 0 aliphatic carbocycles. The van der Waals surface area contributed by atoms with Gasteiger partial charge in [-0.15, -0.1) is 11.3 Å². The van der Waals surface area contributed by atoms with Crippen molar-refractivity contribution in [2.24, 2.45) is 5.73 Å². The topological polar surface area (TPSA) is 109 Å². The monoisotopic (exact) mass is 516 g/mol. The lowest BCUT2D eigenvalue weighted by Crippen LogP contribution is -2.41. The van der Waals surface area contributed by atoms with E-state index in [1.807, 2.05) is 29.8 Å². The van der Waals surface area contributed by atoms with E-state index in [9.17, 15) is 13.2 Å². The van der Waals surface area contributed by atoms with Crippen LogP contribution in [0.5, 0.6) is 0 Å². The van der Waals surface area contributed by atoms with Gasteiger partial charge in [-0.25, -0.2) is 12.7 Å². The van der Waals surface area contributed by atoms with Gasteiger partial charge in [0.1, 0.15) is 0 Å². The Labute approximate surface area is 210 Å². The van der Waals surface area contributed by atoms with Crippen LogP contribution in [0.4, 0.5) is 0 Å². The molecule has 35 heavy (non-hydrogen) atoms. The van der Waals surface area contributed by atoms with Crippen LogP contribution in [-0.4, -0.2) is 80.2 Å². The number of thiophene rings is 1. The van der Waals surface area contributed by atoms with Gasteiger partial charge in [-0.2, -0.15) is 0 Å². The summed E-state index contributed by atoms with van der Waals surface area (Å²) >= 11 is 1.62. The first kappa shape index (κ1) is 24.5. The van der Waals surface area contributed by atoms with Crippen LogP contribution >= 0.6 is 11.3 Å². The predicted octanol–water partition coefficient (Wildman–Crippen LogP) is 3.23. The molecule has 2 fully saturated rings. The number of nitrogens with two attached hydrogens (primary N) is 1. The van der Waals surface area contributed by atoms with Gasteiger partial charge in [0.05, 0.1) is 30.0 Å². The number of hydrogen-bond acceptors (Lipinski definition) is 6. The molecule has 188 valence electrons. The van der Waals surface area contributed by atoms with Crippen molar-refractivity contribution in [1.82, 2.24) is 14.2 Å². The Kier molecular flexibility index (Phi) is 7.26. The fraction of sp³-hybridized carbons (Fsp3) is 0.480. The minimum atomic E-state index is -3.27. The molecule has 0 bridgehead atoms. The number of carbonyl (C=O) groups excluding carboxylic acids is 1. The maximum absolute atomic E-state index is 13.0. The Morgan fingerprint density at radius 3 is 2.63 bits per heavy atom. The third-order valence-corrected chi connectivity index (χ3v) is 10.0. The van der Waals surface area contributed by atoms with E-state index in [0.29, 0.717) is 25.1 Å². The van der Waals surface area contributed by atoms with Gasteiger partial charge < -0.3 is 15.5 Å². The van der Waals surface area contributed by atoms with E-state index in [4.69, 9.17) is 10.5 Å². The number of carbonyl (C=O) groups is 1. The molecule has 5 rings (SSSR count). The van der Waals surface area contributed by atoms with E-state index < -0.39 is 15.9 Å². The highest BCUT2D eigenvalue weighted by Gasteiger charge is 2.30. The fourth-order valence-corrected chi connectivity index (χ4v) is 7.47. The van der Waals surface area contributed by atoms with Crippen molar-refractivity contribution in [2.45, 2.75) is 25.2 Å². The second-order valence-electron chi connectivity index (χ2n) is 9.33. The number of fused-ring (bicyclic) bond motifs is 1. The van der Waals surface area contributed by atoms with Crippen LogP contribution in [0.25, 0.3) is 21.3 Å². The summed E-state index contributed by atoms with van der Waals surface area (Å²) in [5, 5.41) is 3.01. The number of amides is 1. The number of aromatic nitrogens is 1. The number of sulfonamides is 1. The first-order valence-electron chi connectivity index (χ1n) is 12.2. The van der Waals surface area contributed by atoms with Crippen molar-refractivity contribution in [1.29, 1.82) is 0 Å². The van der Waals surface area contributed by atoms with Gasteiger partial charge in [0.15, 0.2) is 0 Å². The number of rotatable bonds is 8. The molecule has 2 saturated heterocycles. The quantitative estimate of drug-likeness (QED) is 0.478. The van der Waals surface area contributed by atoms with Crippen LogP contribution in [-0.2, 0) is 14.8 Å². The van der Waals surface area contributed by atoms with Gasteiger partial charge in [-0.3, -0.25) is 9.69 Å². The summed E-state index contributed by atoms with van der Waals surface area (Å²) in [6, 6.07) is 7.99. The highest BCUT2D eigenvalue weighted by Crippen LogP contribution is 2.38. The number of H-pyrrole nitrogens is 1. The van der Waals surface area contributed by atoms with Gasteiger partial charge in [0, 0.05) is 42.6 Å². The zero-order valence-electron chi connectivity index (χ0n) is 19.7. The number of primary amides is 1. The number of nitrogens with one attached hydrogen (secondary N) is 1. The number of benzene rings is 1. The van der Waals surface area contributed by atoms with Crippen molar-refractivity contribution >= 4 is 38.2 Å². The maximum Gasteiger partial charge on any atom is 0.250 e. The molecule has 0 radical (unpaired) electrons. The summed E-state index contributed by atoms with van der Waals surface area (Å²) in [6.45, 7) is 5.04. The van der Waals surface area contributed by atoms with Gasteiger partial charge in [-0.05, 0) is 66.4 Å². The Morgan fingerprint density at radius 2 is 1.94 bits per heavy atom. The molecule has 0 spiro atoms. The van der Waals surface area contributed by atoms with Crippen LogP contribution in [0.3, 0.4) is 0 Å². The summed E-state index contributed by atoms with van der Waals surface area (Å²) in [6.07, 6.45) is 4.12. The van der Waals surface area contributed by atoms with E-state index in [0.717, 1.165) is 72.6 Å². The third kappa shape index (κ3) is 5.31. The third-order valence-electron chi connectivity index (χ3n) is 7.16. The number of aromatic amines is 1. The zero-order chi connectivity index (χ0) is 24.4. The smallest absolute Gasteiger partial charge is 0.250 e. The highest BCUT2D eigenvalue weighted by molar-refractivity contribution is 7.89. The Balaban J connectivity index is 1.28. The van der Waals surface area contributed by atoms with E-state index in [1.54, 1.807) is 15.6 Å². The lowest BCUT2D eigenvalue weighted by Gasteiger charge is -2.32. The Hall–Kier alpha value is -2.24. The SMILES string of the molecule is NC(=O)c1cc(-c2cccs2)cc2c(C3CCN(S(=O)(=O)CCCN4CCOCC4)CC3)c[nH]c12. The van der Waals surface area contributed by atoms with Crippen molar-refractivity contribution < 1.29 is 17.9 Å². The number of hydrogen-bond donors (Lipinski definition) is 2. The van der Waals surface area contributed by atoms with Crippen LogP contribution in [0.15, 0.2) is 35.8 Å².